The maximum Gasteiger partial charge on any atom is 0.164 e. The van der Waals surface area contributed by atoms with Crippen LogP contribution in [0.25, 0.3) is 0 Å². The minimum absolute atomic E-state index is 0.124. The van der Waals surface area contributed by atoms with Crippen LogP contribution >= 0.6 is 23.2 Å². The third-order valence-corrected chi connectivity index (χ3v) is 5.12. The van der Waals surface area contributed by atoms with Crippen molar-refractivity contribution in [3.8, 4) is 0 Å². The van der Waals surface area contributed by atoms with Crippen LogP contribution in [0.15, 0.2) is 18.2 Å². The molecule has 3 rings (SSSR count). The Balaban J connectivity index is 1.70. The van der Waals surface area contributed by atoms with Gasteiger partial charge in [-0.15, -0.1) is 0 Å². The normalized spacial score (nSPS) is 29.5. The van der Waals surface area contributed by atoms with Crippen LogP contribution in [-0.2, 0) is 0 Å². The summed E-state index contributed by atoms with van der Waals surface area (Å²) in [5, 5.41) is 4.45. The molecule has 1 aromatic rings. The van der Waals surface area contributed by atoms with E-state index in [1.54, 1.807) is 18.2 Å². The molecule has 2 atom stereocenters. The lowest BCUT2D eigenvalue weighted by molar-refractivity contribution is 0.0945. The number of carbonyl (C=O) groups excluding carboxylic acids is 1. The van der Waals surface area contributed by atoms with Crippen LogP contribution in [-0.4, -0.2) is 17.9 Å². The van der Waals surface area contributed by atoms with E-state index in [2.05, 4.69) is 5.32 Å². The largest absolute Gasteiger partial charge is 0.311 e. The maximum atomic E-state index is 12.4. The molecule has 4 heteroatoms. The number of piperidine rings is 1. The molecule has 0 amide bonds. The molecule has 2 aliphatic rings. The molecule has 0 saturated carbocycles. The summed E-state index contributed by atoms with van der Waals surface area (Å²) in [7, 11) is 0. The molecule has 19 heavy (non-hydrogen) atoms. The number of halogens is 2. The number of hydrogen-bond donors (Lipinski definition) is 1. The molecule has 2 unspecified atom stereocenters. The second-order valence-electron chi connectivity index (χ2n) is 5.70. The maximum absolute atomic E-state index is 12.4. The Hall–Kier alpha value is -0.570. The van der Waals surface area contributed by atoms with E-state index in [0.717, 1.165) is 12.8 Å². The number of ketones is 1. The highest BCUT2D eigenvalue weighted by Gasteiger charge is 2.34. The van der Waals surface area contributed by atoms with E-state index in [4.69, 9.17) is 23.2 Å². The fraction of sp³-hybridized carbons (Fsp3) is 0.533. The molecule has 2 nitrogen and oxygen atoms in total. The van der Waals surface area contributed by atoms with E-state index >= 15 is 0 Å². The highest BCUT2D eigenvalue weighted by atomic mass is 35.5. The van der Waals surface area contributed by atoms with Gasteiger partial charge in [-0.25, -0.2) is 0 Å². The molecule has 1 N–H and O–H groups in total. The van der Waals surface area contributed by atoms with E-state index in [1.807, 2.05) is 0 Å². The molecule has 0 spiro atoms. The van der Waals surface area contributed by atoms with Gasteiger partial charge in [-0.1, -0.05) is 29.3 Å². The van der Waals surface area contributed by atoms with Crippen LogP contribution < -0.4 is 5.32 Å². The summed E-state index contributed by atoms with van der Waals surface area (Å²) in [5.74, 6) is 0.611. The van der Waals surface area contributed by atoms with Crippen LogP contribution in [0.2, 0.25) is 10.0 Å². The molecule has 2 saturated heterocycles. The van der Waals surface area contributed by atoms with Gasteiger partial charge in [-0.05, 0) is 43.7 Å². The highest BCUT2D eigenvalue weighted by Crippen LogP contribution is 2.34. The van der Waals surface area contributed by atoms with Gasteiger partial charge >= 0.3 is 0 Å². The number of Topliss-reactive ketones (excluding diaryl/α,β-unsaturated/α-hetero) is 1. The average molecular weight is 298 g/mol. The van der Waals surface area contributed by atoms with E-state index < -0.39 is 0 Å². The van der Waals surface area contributed by atoms with Gasteiger partial charge in [0.05, 0.1) is 10.0 Å². The predicted molar refractivity (Wildman–Crippen MR) is 78.1 cm³/mol. The van der Waals surface area contributed by atoms with Crippen LogP contribution in [0.4, 0.5) is 0 Å². The standard InChI is InChI=1S/C15H17Cl2NO/c16-13-3-1-2-12(15(13)17)14(19)8-9-6-10-4-5-11(7-9)18-10/h1-3,9-11,18H,4-8H2. The highest BCUT2D eigenvalue weighted by molar-refractivity contribution is 6.43. The smallest absolute Gasteiger partial charge is 0.164 e. The van der Waals surface area contributed by atoms with E-state index in [0.29, 0.717) is 40.0 Å². The van der Waals surface area contributed by atoms with Crippen LogP contribution in [0, 0.1) is 5.92 Å². The zero-order chi connectivity index (χ0) is 13.4. The summed E-state index contributed by atoms with van der Waals surface area (Å²) < 4.78 is 0. The molecule has 2 aliphatic heterocycles. The summed E-state index contributed by atoms with van der Waals surface area (Å²) in [5.41, 5.74) is 0.569. The Morgan fingerprint density at radius 3 is 2.58 bits per heavy atom. The van der Waals surface area contributed by atoms with Gasteiger partial charge in [-0.3, -0.25) is 4.79 Å². The SMILES string of the molecule is O=C(CC1CC2CCC(C1)N2)c1cccc(Cl)c1Cl. The summed E-state index contributed by atoms with van der Waals surface area (Å²) in [6, 6.07) is 6.50. The van der Waals surface area contributed by atoms with Crippen LogP contribution in [0.3, 0.4) is 0 Å². The van der Waals surface area contributed by atoms with Crippen molar-refractivity contribution < 1.29 is 4.79 Å². The molecular weight excluding hydrogens is 281 g/mol. The van der Waals surface area contributed by atoms with Gasteiger partial charge in [0.2, 0.25) is 0 Å². The minimum atomic E-state index is 0.124. The summed E-state index contributed by atoms with van der Waals surface area (Å²) in [6.45, 7) is 0. The van der Waals surface area contributed by atoms with Crippen LogP contribution in [0.1, 0.15) is 42.5 Å². The average Bonchev–Trinajstić information content (AvgIpc) is 2.72. The zero-order valence-corrected chi connectivity index (χ0v) is 12.2. The number of hydrogen-bond acceptors (Lipinski definition) is 2. The first-order chi connectivity index (χ1) is 9.13. The minimum Gasteiger partial charge on any atom is -0.311 e. The van der Waals surface area contributed by atoms with Gasteiger partial charge in [0.1, 0.15) is 0 Å². The van der Waals surface area contributed by atoms with Crippen LogP contribution in [0.5, 0.6) is 0 Å². The van der Waals surface area contributed by atoms with Crippen molar-refractivity contribution in [2.45, 2.75) is 44.2 Å². The van der Waals surface area contributed by atoms with Crippen molar-refractivity contribution in [1.82, 2.24) is 5.32 Å². The Bertz CT molecular complexity index is 491. The fourth-order valence-electron chi connectivity index (χ4n) is 3.43. The van der Waals surface area contributed by atoms with Gasteiger partial charge in [0.25, 0.3) is 0 Å². The Labute approximate surface area is 123 Å². The molecular formula is C15H17Cl2NO. The molecule has 2 heterocycles. The first-order valence-electron chi connectivity index (χ1n) is 6.86. The van der Waals surface area contributed by atoms with Gasteiger partial charge in [0, 0.05) is 24.1 Å². The van der Waals surface area contributed by atoms with E-state index in [-0.39, 0.29) is 5.78 Å². The van der Waals surface area contributed by atoms with Crippen molar-refractivity contribution in [3.63, 3.8) is 0 Å². The molecule has 102 valence electrons. The summed E-state index contributed by atoms with van der Waals surface area (Å²) >= 11 is 12.1. The van der Waals surface area contributed by atoms with Crippen molar-refractivity contribution >= 4 is 29.0 Å². The predicted octanol–water partition coefficient (Wildman–Crippen LogP) is 4.10. The van der Waals surface area contributed by atoms with Crippen molar-refractivity contribution in [3.05, 3.63) is 33.8 Å². The van der Waals surface area contributed by atoms with Crippen molar-refractivity contribution in [2.75, 3.05) is 0 Å². The number of benzene rings is 1. The van der Waals surface area contributed by atoms with Crippen molar-refractivity contribution in [1.29, 1.82) is 0 Å². The third-order valence-electron chi connectivity index (χ3n) is 4.30. The molecule has 1 aromatic carbocycles. The monoisotopic (exact) mass is 297 g/mol. The first-order valence-corrected chi connectivity index (χ1v) is 7.62. The van der Waals surface area contributed by atoms with Crippen molar-refractivity contribution in [2.24, 2.45) is 5.92 Å². The third kappa shape index (κ3) is 2.81. The first kappa shape index (κ1) is 13.4. The molecule has 0 radical (unpaired) electrons. The topological polar surface area (TPSA) is 29.1 Å². The molecule has 2 bridgehead atoms. The lowest BCUT2D eigenvalue weighted by atomic mass is 9.87. The van der Waals surface area contributed by atoms with E-state index in [9.17, 15) is 4.79 Å². The lowest BCUT2D eigenvalue weighted by Gasteiger charge is -2.28. The number of carbonyl (C=O) groups is 1. The molecule has 2 fully saturated rings. The van der Waals surface area contributed by atoms with Gasteiger partial charge < -0.3 is 5.32 Å². The quantitative estimate of drug-likeness (QED) is 0.851. The fourth-order valence-corrected chi connectivity index (χ4v) is 3.84. The number of fused-ring (bicyclic) bond motifs is 2. The Morgan fingerprint density at radius 2 is 1.89 bits per heavy atom. The summed E-state index contributed by atoms with van der Waals surface area (Å²) in [6.07, 6.45) is 5.33. The second kappa shape index (κ2) is 5.43. The lowest BCUT2D eigenvalue weighted by Crippen LogP contribution is -2.38. The van der Waals surface area contributed by atoms with Gasteiger partial charge in [0.15, 0.2) is 5.78 Å². The second-order valence-corrected chi connectivity index (χ2v) is 6.49. The number of rotatable bonds is 3. The van der Waals surface area contributed by atoms with Gasteiger partial charge in [-0.2, -0.15) is 0 Å². The molecule has 0 aromatic heterocycles. The summed E-state index contributed by atoms with van der Waals surface area (Å²) in [4.78, 5) is 12.4. The Morgan fingerprint density at radius 1 is 1.21 bits per heavy atom. The zero-order valence-electron chi connectivity index (χ0n) is 10.7. The molecule has 0 aliphatic carbocycles. The van der Waals surface area contributed by atoms with E-state index in [1.165, 1.54) is 12.8 Å². The number of nitrogens with one attached hydrogen (secondary N) is 1. The Kier molecular flexibility index (Phi) is 3.84.